The van der Waals surface area contributed by atoms with E-state index in [1.165, 1.54) is 12.0 Å². The zero-order valence-corrected chi connectivity index (χ0v) is 11.5. The standard InChI is InChI=1S/C15H18N2O3/c1-4-9-17(10-5-2)15(19)14(18)16-12-7-6-8-13(11-12)20-3/h4-8,11H,1-2,9-10H2,3H3,(H,16,18). The number of methoxy groups -OCH3 is 1. The van der Waals surface area contributed by atoms with Crippen LogP contribution in [0.1, 0.15) is 0 Å². The molecule has 5 heteroatoms. The molecular weight excluding hydrogens is 256 g/mol. The molecule has 0 saturated heterocycles. The van der Waals surface area contributed by atoms with Gasteiger partial charge in [-0.05, 0) is 12.1 Å². The normalized spacial score (nSPS) is 9.45. The molecule has 20 heavy (non-hydrogen) atoms. The number of ether oxygens (including phenoxy) is 1. The number of rotatable bonds is 6. The van der Waals surface area contributed by atoms with E-state index >= 15 is 0 Å². The van der Waals surface area contributed by atoms with Gasteiger partial charge in [-0.25, -0.2) is 0 Å². The second kappa shape index (κ2) is 7.78. The molecule has 0 saturated carbocycles. The molecule has 5 nitrogen and oxygen atoms in total. The Morgan fingerprint density at radius 3 is 2.50 bits per heavy atom. The fraction of sp³-hybridized carbons (Fsp3) is 0.200. The Morgan fingerprint density at radius 1 is 1.30 bits per heavy atom. The van der Waals surface area contributed by atoms with E-state index in [0.717, 1.165) is 0 Å². The van der Waals surface area contributed by atoms with Crippen molar-refractivity contribution in [2.45, 2.75) is 0 Å². The number of benzene rings is 1. The minimum atomic E-state index is -0.707. The molecule has 0 radical (unpaired) electrons. The number of hydrogen-bond acceptors (Lipinski definition) is 3. The molecule has 0 aliphatic carbocycles. The quantitative estimate of drug-likeness (QED) is 0.636. The summed E-state index contributed by atoms with van der Waals surface area (Å²) in [4.78, 5) is 25.2. The van der Waals surface area contributed by atoms with Crippen molar-refractivity contribution in [3.63, 3.8) is 0 Å². The third-order valence-corrected chi connectivity index (χ3v) is 2.51. The van der Waals surface area contributed by atoms with Crippen LogP contribution in [0.2, 0.25) is 0 Å². The molecule has 0 heterocycles. The minimum absolute atomic E-state index is 0.288. The van der Waals surface area contributed by atoms with E-state index in [1.807, 2.05) is 0 Å². The van der Waals surface area contributed by atoms with E-state index in [2.05, 4.69) is 18.5 Å². The third kappa shape index (κ3) is 4.28. The molecule has 1 aromatic carbocycles. The Morgan fingerprint density at radius 2 is 1.95 bits per heavy atom. The van der Waals surface area contributed by atoms with Gasteiger partial charge in [-0.15, -0.1) is 13.2 Å². The number of nitrogens with one attached hydrogen (secondary N) is 1. The van der Waals surface area contributed by atoms with Crippen LogP contribution in [0.3, 0.4) is 0 Å². The zero-order valence-electron chi connectivity index (χ0n) is 11.5. The third-order valence-electron chi connectivity index (χ3n) is 2.51. The lowest BCUT2D eigenvalue weighted by Gasteiger charge is -2.18. The summed E-state index contributed by atoms with van der Waals surface area (Å²) in [6.07, 6.45) is 3.11. The van der Waals surface area contributed by atoms with Gasteiger partial charge in [-0.2, -0.15) is 0 Å². The second-order valence-corrected chi connectivity index (χ2v) is 3.97. The van der Waals surface area contributed by atoms with Gasteiger partial charge >= 0.3 is 11.8 Å². The summed E-state index contributed by atoms with van der Waals surface area (Å²) in [6, 6.07) is 6.79. The summed E-state index contributed by atoms with van der Waals surface area (Å²) in [5.41, 5.74) is 0.500. The molecule has 1 aromatic rings. The van der Waals surface area contributed by atoms with Crippen LogP contribution < -0.4 is 10.1 Å². The van der Waals surface area contributed by atoms with Crippen LogP contribution in [-0.2, 0) is 9.59 Å². The lowest BCUT2D eigenvalue weighted by Crippen LogP contribution is -2.39. The van der Waals surface area contributed by atoms with E-state index in [9.17, 15) is 9.59 Å². The molecular formula is C15H18N2O3. The van der Waals surface area contributed by atoms with Crippen molar-refractivity contribution in [2.24, 2.45) is 0 Å². The van der Waals surface area contributed by atoms with Gasteiger partial charge in [0.2, 0.25) is 0 Å². The summed E-state index contributed by atoms with van der Waals surface area (Å²) in [5.74, 6) is -0.737. The topological polar surface area (TPSA) is 58.6 Å². The smallest absolute Gasteiger partial charge is 0.313 e. The van der Waals surface area contributed by atoms with Gasteiger partial charge in [0, 0.05) is 24.8 Å². The average molecular weight is 274 g/mol. The van der Waals surface area contributed by atoms with E-state index in [-0.39, 0.29) is 13.1 Å². The first-order chi connectivity index (χ1) is 9.62. The number of carbonyl (C=O) groups is 2. The Bertz CT molecular complexity index is 502. The molecule has 0 aromatic heterocycles. The summed E-state index contributed by atoms with van der Waals surface area (Å²) in [7, 11) is 1.53. The largest absolute Gasteiger partial charge is 0.497 e. The molecule has 1 rings (SSSR count). The van der Waals surface area contributed by atoms with Crippen LogP contribution in [0.15, 0.2) is 49.6 Å². The molecule has 0 fully saturated rings. The first-order valence-electron chi connectivity index (χ1n) is 6.08. The summed E-state index contributed by atoms with van der Waals surface area (Å²) >= 11 is 0. The van der Waals surface area contributed by atoms with E-state index < -0.39 is 11.8 Å². The van der Waals surface area contributed by atoms with Gasteiger partial charge in [-0.1, -0.05) is 18.2 Å². The van der Waals surface area contributed by atoms with E-state index in [4.69, 9.17) is 4.74 Å². The van der Waals surface area contributed by atoms with Crippen LogP contribution in [0.5, 0.6) is 5.75 Å². The lowest BCUT2D eigenvalue weighted by molar-refractivity contribution is -0.142. The van der Waals surface area contributed by atoms with Crippen molar-refractivity contribution >= 4 is 17.5 Å². The van der Waals surface area contributed by atoms with Gasteiger partial charge in [0.05, 0.1) is 7.11 Å². The van der Waals surface area contributed by atoms with Gasteiger partial charge in [0.15, 0.2) is 0 Å². The molecule has 0 aliphatic heterocycles. The van der Waals surface area contributed by atoms with Crippen molar-refractivity contribution < 1.29 is 14.3 Å². The number of hydrogen-bond donors (Lipinski definition) is 1. The van der Waals surface area contributed by atoms with Gasteiger partial charge in [0.1, 0.15) is 5.75 Å². The maximum Gasteiger partial charge on any atom is 0.313 e. The Balaban J connectivity index is 2.75. The predicted octanol–water partition coefficient (Wildman–Crippen LogP) is 1.83. The molecule has 2 amide bonds. The maximum atomic E-state index is 12.0. The van der Waals surface area contributed by atoms with Crippen LogP contribution in [-0.4, -0.2) is 36.9 Å². The molecule has 0 spiro atoms. The highest BCUT2D eigenvalue weighted by atomic mass is 16.5. The Hall–Kier alpha value is -2.56. The number of anilines is 1. The Labute approximate surface area is 118 Å². The molecule has 0 aliphatic rings. The highest BCUT2D eigenvalue weighted by Gasteiger charge is 2.20. The van der Waals surface area contributed by atoms with Crippen molar-refractivity contribution in [3.8, 4) is 5.75 Å². The summed E-state index contributed by atoms with van der Waals surface area (Å²) in [6.45, 7) is 7.69. The van der Waals surface area contributed by atoms with Gasteiger partial charge in [0.25, 0.3) is 0 Å². The number of carbonyl (C=O) groups excluding carboxylic acids is 2. The van der Waals surface area contributed by atoms with Crippen molar-refractivity contribution in [1.82, 2.24) is 4.90 Å². The highest BCUT2D eigenvalue weighted by Crippen LogP contribution is 2.16. The lowest BCUT2D eigenvalue weighted by atomic mass is 10.3. The highest BCUT2D eigenvalue weighted by molar-refractivity contribution is 6.39. The molecule has 0 atom stereocenters. The van der Waals surface area contributed by atoms with Crippen LogP contribution in [0.4, 0.5) is 5.69 Å². The van der Waals surface area contributed by atoms with E-state index in [1.54, 1.807) is 36.4 Å². The monoisotopic (exact) mass is 274 g/mol. The van der Waals surface area contributed by atoms with E-state index in [0.29, 0.717) is 11.4 Å². The molecule has 106 valence electrons. The van der Waals surface area contributed by atoms with Crippen LogP contribution in [0.25, 0.3) is 0 Å². The zero-order chi connectivity index (χ0) is 15.0. The summed E-state index contributed by atoms with van der Waals surface area (Å²) in [5, 5.41) is 2.53. The van der Waals surface area contributed by atoms with Gasteiger partial charge in [-0.3, -0.25) is 9.59 Å². The first-order valence-corrected chi connectivity index (χ1v) is 6.08. The number of nitrogens with zero attached hydrogens (tertiary/aromatic N) is 1. The molecule has 1 N–H and O–H groups in total. The predicted molar refractivity (Wildman–Crippen MR) is 78.6 cm³/mol. The minimum Gasteiger partial charge on any atom is -0.497 e. The maximum absolute atomic E-state index is 12.0. The fourth-order valence-electron chi connectivity index (χ4n) is 1.58. The number of amides is 2. The summed E-state index contributed by atoms with van der Waals surface area (Å²) < 4.78 is 5.05. The first kappa shape index (κ1) is 15.5. The van der Waals surface area contributed by atoms with Crippen molar-refractivity contribution in [1.29, 1.82) is 0 Å². The van der Waals surface area contributed by atoms with Crippen molar-refractivity contribution in [2.75, 3.05) is 25.5 Å². The van der Waals surface area contributed by atoms with Crippen LogP contribution >= 0.6 is 0 Å². The SMILES string of the molecule is C=CCN(CC=C)C(=O)C(=O)Nc1cccc(OC)c1. The second-order valence-electron chi connectivity index (χ2n) is 3.97. The molecule has 0 bridgehead atoms. The van der Waals surface area contributed by atoms with Gasteiger partial charge < -0.3 is 15.0 Å². The van der Waals surface area contributed by atoms with Crippen LogP contribution in [0, 0.1) is 0 Å². The average Bonchev–Trinajstić information content (AvgIpc) is 2.46. The fourth-order valence-corrected chi connectivity index (χ4v) is 1.58. The molecule has 0 unspecified atom stereocenters. The Kier molecular flexibility index (Phi) is 6.03. The van der Waals surface area contributed by atoms with Crippen molar-refractivity contribution in [3.05, 3.63) is 49.6 Å².